The molecule has 0 aromatic heterocycles. The zero-order valence-corrected chi connectivity index (χ0v) is 13.3. The highest BCUT2D eigenvalue weighted by atomic mass is 16.4. The van der Waals surface area contributed by atoms with Crippen LogP contribution in [0.3, 0.4) is 0 Å². The molecule has 0 aromatic carbocycles. The first-order chi connectivity index (χ1) is 10.7. The van der Waals surface area contributed by atoms with Crippen LogP contribution in [0, 0.1) is 5.92 Å². The molecule has 1 aliphatic rings. The van der Waals surface area contributed by atoms with E-state index in [-0.39, 0.29) is 24.3 Å². The largest absolute Gasteiger partial charge is 0.394 e. The number of amides is 1. The SMILES string of the molecule is CC(=O)[C@@H]1C[C@@H](CNC(=O)[C@H](O)[C@@H](O)[C@H](O)[C@H](O)CO)CN1C. The monoisotopic (exact) mass is 334 g/mol. The van der Waals surface area contributed by atoms with Gasteiger partial charge in [0.2, 0.25) is 0 Å². The lowest BCUT2D eigenvalue weighted by molar-refractivity contribution is -0.149. The Morgan fingerprint density at radius 1 is 1.22 bits per heavy atom. The molecular weight excluding hydrogens is 308 g/mol. The van der Waals surface area contributed by atoms with E-state index in [1.807, 2.05) is 11.9 Å². The van der Waals surface area contributed by atoms with Gasteiger partial charge in [-0.25, -0.2) is 0 Å². The maximum Gasteiger partial charge on any atom is 0.251 e. The number of rotatable bonds is 8. The van der Waals surface area contributed by atoms with Crippen molar-refractivity contribution in [2.45, 2.75) is 43.8 Å². The Kier molecular flexibility index (Phi) is 7.52. The fourth-order valence-electron chi connectivity index (χ4n) is 2.76. The summed E-state index contributed by atoms with van der Waals surface area (Å²) >= 11 is 0. The second-order valence-electron chi connectivity index (χ2n) is 6.09. The number of carbonyl (C=O) groups is 2. The summed E-state index contributed by atoms with van der Waals surface area (Å²) in [5, 5.41) is 49.1. The fourth-order valence-corrected chi connectivity index (χ4v) is 2.76. The molecule has 9 heteroatoms. The van der Waals surface area contributed by atoms with Crippen LogP contribution in [0.4, 0.5) is 0 Å². The van der Waals surface area contributed by atoms with Crippen LogP contribution in [0.2, 0.25) is 0 Å². The molecule has 0 radical (unpaired) electrons. The number of aliphatic hydroxyl groups is 5. The summed E-state index contributed by atoms with van der Waals surface area (Å²) in [6, 6.07) is -0.186. The Balaban J connectivity index is 2.46. The molecule has 1 amide bonds. The Morgan fingerprint density at radius 2 is 1.83 bits per heavy atom. The number of aliphatic hydroxyl groups excluding tert-OH is 5. The number of carbonyl (C=O) groups excluding carboxylic acids is 2. The number of hydrogen-bond acceptors (Lipinski definition) is 8. The Hall–Kier alpha value is -1.10. The van der Waals surface area contributed by atoms with E-state index in [1.54, 1.807) is 0 Å². The molecule has 0 aliphatic carbocycles. The Labute approximate surface area is 134 Å². The summed E-state index contributed by atoms with van der Waals surface area (Å²) in [7, 11) is 1.82. The third-order valence-corrected chi connectivity index (χ3v) is 4.19. The third kappa shape index (κ3) is 5.20. The summed E-state index contributed by atoms with van der Waals surface area (Å²) in [6.07, 6.45) is -6.77. The predicted octanol–water partition coefficient (Wildman–Crippen LogP) is -3.55. The predicted molar refractivity (Wildman–Crippen MR) is 79.3 cm³/mol. The number of ketones is 1. The first-order valence-electron chi connectivity index (χ1n) is 7.50. The van der Waals surface area contributed by atoms with Crippen molar-refractivity contribution >= 4 is 11.7 Å². The molecular formula is C14H26N2O7. The molecule has 1 saturated heterocycles. The standard InChI is InChI=1S/C14H26N2O7/c1-7(18)9-3-8(5-16(9)2)4-15-14(23)13(22)12(21)11(20)10(19)6-17/h8-13,17,19-22H,3-6H2,1-2H3,(H,15,23)/t8-,9-,10+,11+,12-,13+/m0/s1. The van der Waals surface area contributed by atoms with Crippen molar-refractivity contribution in [1.82, 2.24) is 10.2 Å². The molecule has 23 heavy (non-hydrogen) atoms. The van der Waals surface area contributed by atoms with E-state index in [4.69, 9.17) is 5.11 Å². The second kappa shape index (κ2) is 8.67. The molecule has 134 valence electrons. The van der Waals surface area contributed by atoms with Gasteiger partial charge in [-0.05, 0) is 26.3 Å². The van der Waals surface area contributed by atoms with Gasteiger partial charge in [0.1, 0.15) is 24.1 Å². The van der Waals surface area contributed by atoms with E-state index in [0.717, 1.165) is 0 Å². The van der Waals surface area contributed by atoms with Gasteiger partial charge >= 0.3 is 0 Å². The van der Waals surface area contributed by atoms with Crippen LogP contribution in [-0.4, -0.2) is 99.3 Å². The van der Waals surface area contributed by atoms with Crippen LogP contribution in [0.5, 0.6) is 0 Å². The average molecular weight is 334 g/mol. The van der Waals surface area contributed by atoms with Gasteiger partial charge in [-0.3, -0.25) is 14.5 Å². The minimum atomic E-state index is -1.94. The van der Waals surface area contributed by atoms with E-state index >= 15 is 0 Å². The van der Waals surface area contributed by atoms with Crippen molar-refractivity contribution in [3.8, 4) is 0 Å². The minimum Gasteiger partial charge on any atom is -0.394 e. The molecule has 0 spiro atoms. The number of likely N-dealkylation sites (tertiary alicyclic amines) is 1. The number of nitrogens with one attached hydrogen (secondary N) is 1. The summed E-state index contributed by atoms with van der Waals surface area (Å²) in [6.45, 7) is 1.54. The Bertz CT molecular complexity index is 420. The molecule has 0 unspecified atom stereocenters. The van der Waals surface area contributed by atoms with E-state index in [2.05, 4.69) is 5.32 Å². The molecule has 1 heterocycles. The number of likely N-dealkylation sites (N-methyl/N-ethyl adjacent to an activating group) is 1. The summed E-state index contributed by atoms with van der Waals surface area (Å²) in [5.74, 6) is -0.802. The van der Waals surface area contributed by atoms with E-state index in [0.29, 0.717) is 13.0 Å². The Morgan fingerprint density at radius 3 is 2.30 bits per heavy atom. The van der Waals surface area contributed by atoms with Crippen LogP contribution in [0.1, 0.15) is 13.3 Å². The lowest BCUT2D eigenvalue weighted by Crippen LogP contribution is -2.52. The smallest absolute Gasteiger partial charge is 0.251 e. The number of nitrogens with zero attached hydrogens (tertiary/aromatic N) is 1. The zero-order chi connectivity index (χ0) is 17.7. The van der Waals surface area contributed by atoms with Gasteiger partial charge in [-0.15, -0.1) is 0 Å². The van der Waals surface area contributed by atoms with Crippen LogP contribution in [-0.2, 0) is 9.59 Å². The first-order valence-corrected chi connectivity index (χ1v) is 7.50. The van der Waals surface area contributed by atoms with E-state index < -0.39 is 36.9 Å². The van der Waals surface area contributed by atoms with Crippen molar-refractivity contribution in [1.29, 1.82) is 0 Å². The highest BCUT2D eigenvalue weighted by Gasteiger charge is 2.36. The van der Waals surface area contributed by atoms with Crippen molar-refractivity contribution in [3.63, 3.8) is 0 Å². The second-order valence-corrected chi connectivity index (χ2v) is 6.09. The topological polar surface area (TPSA) is 151 Å². The third-order valence-electron chi connectivity index (χ3n) is 4.19. The van der Waals surface area contributed by atoms with Gasteiger partial charge < -0.3 is 30.8 Å². The highest BCUT2D eigenvalue weighted by Crippen LogP contribution is 2.21. The van der Waals surface area contributed by atoms with Gasteiger partial charge in [-0.2, -0.15) is 0 Å². The van der Waals surface area contributed by atoms with Crippen LogP contribution < -0.4 is 5.32 Å². The van der Waals surface area contributed by atoms with Gasteiger partial charge in [0.25, 0.3) is 5.91 Å². The molecule has 0 aromatic rings. The van der Waals surface area contributed by atoms with Crippen LogP contribution >= 0.6 is 0 Å². The first kappa shape index (κ1) is 19.9. The average Bonchev–Trinajstić information content (AvgIpc) is 2.90. The van der Waals surface area contributed by atoms with Crippen molar-refractivity contribution in [3.05, 3.63) is 0 Å². The molecule has 1 aliphatic heterocycles. The lowest BCUT2D eigenvalue weighted by atomic mass is 10.0. The van der Waals surface area contributed by atoms with Gasteiger partial charge in [-0.1, -0.05) is 0 Å². The summed E-state index contributed by atoms with van der Waals surface area (Å²) < 4.78 is 0. The maximum atomic E-state index is 11.8. The molecule has 0 bridgehead atoms. The lowest BCUT2D eigenvalue weighted by Gasteiger charge is -2.25. The van der Waals surface area contributed by atoms with E-state index in [9.17, 15) is 30.0 Å². The molecule has 1 rings (SSSR count). The van der Waals surface area contributed by atoms with Crippen molar-refractivity contribution in [2.24, 2.45) is 5.92 Å². The highest BCUT2D eigenvalue weighted by molar-refractivity contribution is 5.82. The van der Waals surface area contributed by atoms with Crippen LogP contribution in [0.15, 0.2) is 0 Å². The van der Waals surface area contributed by atoms with Crippen molar-refractivity contribution < 1.29 is 35.1 Å². The normalized spacial score (nSPS) is 27.3. The maximum absolute atomic E-state index is 11.8. The van der Waals surface area contributed by atoms with Crippen molar-refractivity contribution in [2.75, 3.05) is 26.7 Å². The minimum absolute atomic E-state index is 0.0372. The number of hydrogen-bond donors (Lipinski definition) is 6. The summed E-state index contributed by atoms with van der Waals surface area (Å²) in [4.78, 5) is 25.1. The molecule has 6 atom stereocenters. The quantitative estimate of drug-likeness (QED) is 0.267. The fraction of sp³-hybridized carbons (Fsp3) is 0.857. The van der Waals surface area contributed by atoms with Gasteiger partial charge in [0.05, 0.1) is 12.6 Å². The summed E-state index contributed by atoms with van der Waals surface area (Å²) in [5.41, 5.74) is 0. The molecule has 9 nitrogen and oxygen atoms in total. The molecule has 6 N–H and O–H groups in total. The van der Waals surface area contributed by atoms with Gasteiger partial charge in [0.15, 0.2) is 6.10 Å². The van der Waals surface area contributed by atoms with Gasteiger partial charge in [0, 0.05) is 13.1 Å². The van der Waals surface area contributed by atoms with E-state index in [1.165, 1.54) is 6.92 Å². The molecule has 0 saturated carbocycles. The molecule has 1 fully saturated rings. The number of Topliss-reactive ketones (excluding diaryl/α,β-unsaturated/α-hetero) is 1. The van der Waals surface area contributed by atoms with Crippen LogP contribution in [0.25, 0.3) is 0 Å². The zero-order valence-electron chi connectivity index (χ0n) is 13.3.